The molecule has 1 heterocycles. The minimum atomic E-state index is -0.911. The van der Waals surface area contributed by atoms with Crippen molar-refractivity contribution in [1.82, 2.24) is 0 Å². The van der Waals surface area contributed by atoms with Crippen LogP contribution in [0, 0.1) is 0 Å². The van der Waals surface area contributed by atoms with E-state index in [4.69, 9.17) is 4.74 Å². The Balaban J connectivity index is 2.66. The van der Waals surface area contributed by atoms with Gasteiger partial charge in [0.25, 0.3) is 0 Å². The van der Waals surface area contributed by atoms with Crippen molar-refractivity contribution in [2.45, 2.75) is 57.8 Å². The molecule has 1 aliphatic rings. The van der Waals surface area contributed by atoms with Crippen molar-refractivity contribution < 1.29 is 9.84 Å². The Bertz CT molecular complexity index is 335. The van der Waals surface area contributed by atoms with E-state index in [1.54, 1.807) is 19.1 Å². The third-order valence-corrected chi connectivity index (χ3v) is 3.24. The van der Waals surface area contributed by atoms with Crippen molar-refractivity contribution in [2.24, 2.45) is 0 Å². The van der Waals surface area contributed by atoms with Gasteiger partial charge in [-0.15, -0.1) is 0 Å². The molecule has 0 saturated carbocycles. The van der Waals surface area contributed by atoms with Gasteiger partial charge in [-0.2, -0.15) is 0 Å². The molecule has 1 fully saturated rings. The molecular formula is C15H24O2. The molecule has 96 valence electrons. The van der Waals surface area contributed by atoms with Crippen LogP contribution in [0.5, 0.6) is 0 Å². The van der Waals surface area contributed by atoms with E-state index in [1.165, 1.54) is 0 Å². The molecular weight excluding hydrogens is 212 g/mol. The van der Waals surface area contributed by atoms with E-state index in [0.717, 1.165) is 18.4 Å². The molecule has 2 atom stereocenters. The van der Waals surface area contributed by atoms with E-state index in [-0.39, 0.29) is 11.7 Å². The fraction of sp³-hybridized carbons (Fsp3) is 0.600. The van der Waals surface area contributed by atoms with E-state index in [9.17, 15) is 5.11 Å². The standard InChI is InChI=1S/C15H24O2/c1-6-12(2)8-7-10-15(5,16)13-9-11-14(3,4)17-13/h6-8,10,13,16H,1,9,11H2,2-5H3/b10-7+,12-8+/t13-,15+/m0/s1. The Kier molecular flexibility index (Phi) is 4.34. The zero-order valence-corrected chi connectivity index (χ0v) is 11.4. The van der Waals surface area contributed by atoms with Crippen LogP contribution in [0.15, 0.2) is 36.5 Å². The van der Waals surface area contributed by atoms with Gasteiger partial charge in [-0.1, -0.05) is 36.5 Å². The summed E-state index contributed by atoms with van der Waals surface area (Å²) < 4.78 is 5.86. The molecule has 1 N–H and O–H groups in total. The molecule has 0 aromatic carbocycles. The zero-order valence-electron chi connectivity index (χ0n) is 11.4. The molecule has 1 rings (SSSR count). The second-order valence-corrected chi connectivity index (χ2v) is 5.60. The molecule has 1 saturated heterocycles. The van der Waals surface area contributed by atoms with Gasteiger partial charge in [0.2, 0.25) is 0 Å². The van der Waals surface area contributed by atoms with Crippen LogP contribution in [-0.4, -0.2) is 22.4 Å². The highest BCUT2D eigenvalue weighted by atomic mass is 16.5. The summed E-state index contributed by atoms with van der Waals surface area (Å²) in [6, 6.07) is 0. The summed E-state index contributed by atoms with van der Waals surface area (Å²) in [5.74, 6) is 0. The summed E-state index contributed by atoms with van der Waals surface area (Å²) in [6.07, 6.45) is 9.15. The number of hydrogen-bond acceptors (Lipinski definition) is 2. The number of hydrogen-bond donors (Lipinski definition) is 1. The van der Waals surface area contributed by atoms with Crippen LogP contribution in [0.4, 0.5) is 0 Å². The van der Waals surface area contributed by atoms with Crippen molar-refractivity contribution in [3.63, 3.8) is 0 Å². The van der Waals surface area contributed by atoms with Gasteiger partial charge in [-0.05, 0) is 40.5 Å². The van der Waals surface area contributed by atoms with Gasteiger partial charge in [-0.25, -0.2) is 0 Å². The minimum Gasteiger partial charge on any atom is -0.383 e. The fourth-order valence-corrected chi connectivity index (χ4v) is 1.96. The average molecular weight is 236 g/mol. The quantitative estimate of drug-likeness (QED) is 0.758. The average Bonchev–Trinajstić information content (AvgIpc) is 2.59. The highest BCUT2D eigenvalue weighted by molar-refractivity contribution is 5.21. The largest absolute Gasteiger partial charge is 0.383 e. The Morgan fingerprint density at radius 1 is 1.53 bits per heavy atom. The van der Waals surface area contributed by atoms with Gasteiger partial charge in [0.05, 0.1) is 11.7 Å². The predicted octanol–water partition coefficient (Wildman–Crippen LogP) is 3.38. The first-order valence-electron chi connectivity index (χ1n) is 6.15. The van der Waals surface area contributed by atoms with E-state index >= 15 is 0 Å². The summed E-state index contributed by atoms with van der Waals surface area (Å²) in [7, 11) is 0. The van der Waals surface area contributed by atoms with Crippen molar-refractivity contribution in [1.29, 1.82) is 0 Å². The number of rotatable bonds is 4. The predicted molar refractivity (Wildman–Crippen MR) is 71.9 cm³/mol. The van der Waals surface area contributed by atoms with E-state index in [1.807, 2.05) is 19.1 Å². The smallest absolute Gasteiger partial charge is 0.106 e. The molecule has 1 aliphatic heterocycles. The first-order valence-corrected chi connectivity index (χ1v) is 6.15. The van der Waals surface area contributed by atoms with Crippen molar-refractivity contribution >= 4 is 0 Å². The third kappa shape index (κ3) is 4.14. The molecule has 0 aromatic rings. The van der Waals surface area contributed by atoms with Gasteiger partial charge in [0, 0.05) is 0 Å². The Morgan fingerprint density at radius 3 is 2.65 bits per heavy atom. The van der Waals surface area contributed by atoms with Crippen LogP contribution in [0.2, 0.25) is 0 Å². The van der Waals surface area contributed by atoms with E-state index < -0.39 is 5.60 Å². The summed E-state index contributed by atoms with van der Waals surface area (Å²) in [4.78, 5) is 0. The summed E-state index contributed by atoms with van der Waals surface area (Å²) in [5, 5.41) is 10.4. The lowest BCUT2D eigenvalue weighted by Gasteiger charge is -2.28. The maximum atomic E-state index is 10.4. The van der Waals surface area contributed by atoms with Crippen LogP contribution < -0.4 is 0 Å². The molecule has 0 amide bonds. The van der Waals surface area contributed by atoms with Crippen LogP contribution in [-0.2, 0) is 4.74 Å². The highest BCUT2D eigenvalue weighted by Crippen LogP contribution is 2.35. The molecule has 2 heteroatoms. The molecule has 0 radical (unpaired) electrons. The van der Waals surface area contributed by atoms with Crippen LogP contribution in [0.25, 0.3) is 0 Å². The van der Waals surface area contributed by atoms with Crippen LogP contribution in [0.3, 0.4) is 0 Å². The number of allylic oxidation sites excluding steroid dienone is 4. The topological polar surface area (TPSA) is 29.5 Å². The van der Waals surface area contributed by atoms with Gasteiger partial charge in [-0.3, -0.25) is 0 Å². The first kappa shape index (κ1) is 14.2. The van der Waals surface area contributed by atoms with Crippen molar-refractivity contribution in [3.8, 4) is 0 Å². The highest BCUT2D eigenvalue weighted by Gasteiger charge is 2.40. The SMILES string of the molecule is C=C/C(C)=C/C=C/[C@@](C)(O)[C@@H]1CCC(C)(C)O1. The summed E-state index contributed by atoms with van der Waals surface area (Å²) >= 11 is 0. The Hall–Kier alpha value is -0.860. The number of ether oxygens (including phenoxy) is 1. The Morgan fingerprint density at radius 2 is 2.18 bits per heavy atom. The summed E-state index contributed by atoms with van der Waals surface area (Å²) in [5.41, 5.74) is 0.0471. The Labute approximate surface area is 105 Å². The molecule has 0 aromatic heterocycles. The maximum Gasteiger partial charge on any atom is 0.106 e. The molecule has 2 nitrogen and oxygen atoms in total. The normalized spacial score (nSPS) is 28.3. The third-order valence-electron chi connectivity index (χ3n) is 3.24. The first-order chi connectivity index (χ1) is 7.77. The summed E-state index contributed by atoms with van der Waals surface area (Å²) in [6.45, 7) is 11.6. The van der Waals surface area contributed by atoms with Gasteiger partial charge in [0.15, 0.2) is 0 Å². The molecule has 17 heavy (non-hydrogen) atoms. The number of aliphatic hydroxyl groups is 1. The lowest BCUT2D eigenvalue weighted by Crippen LogP contribution is -2.38. The van der Waals surface area contributed by atoms with Gasteiger partial charge >= 0.3 is 0 Å². The van der Waals surface area contributed by atoms with Gasteiger partial charge in [0.1, 0.15) is 5.60 Å². The lowest BCUT2D eigenvalue weighted by molar-refractivity contribution is -0.0960. The van der Waals surface area contributed by atoms with Gasteiger partial charge < -0.3 is 9.84 Å². The fourth-order valence-electron chi connectivity index (χ4n) is 1.96. The monoisotopic (exact) mass is 236 g/mol. The van der Waals surface area contributed by atoms with Crippen LogP contribution >= 0.6 is 0 Å². The van der Waals surface area contributed by atoms with E-state index in [0.29, 0.717) is 0 Å². The zero-order chi connectivity index (χ0) is 13.1. The van der Waals surface area contributed by atoms with E-state index in [2.05, 4.69) is 20.4 Å². The second-order valence-electron chi connectivity index (χ2n) is 5.60. The molecule has 0 bridgehead atoms. The maximum absolute atomic E-state index is 10.4. The van der Waals surface area contributed by atoms with Crippen molar-refractivity contribution in [3.05, 3.63) is 36.5 Å². The molecule has 0 unspecified atom stereocenters. The minimum absolute atomic E-state index is 0.116. The lowest BCUT2D eigenvalue weighted by atomic mass is 9.95. The molecule has 0 spiro atoms. The van der Waals surface area contributed by atoms with Crippen LogP contribution in [0.1, 0.15) is 40.5 Å². The second kappa shape index (κ2) is 5.19. The van der Waals surface area contributed by atoms with Crippen molar-refractivity contribution in [2.75, 3.05) is 0 Å². The molecule has 0 aliphatic carbocycles.